The molecule has 1 nitrogen and oxygen atoms in total. The van der Waals surface area contributed by atoms with Crippen molar-refractivity contribution < 1.29 is 5.11 Å². The van der Waals surface area contributed by atoms with Crippen LogP contribution in [0.25, 0.3) is 0 Å². The predicted octanol–water partition coefficient (Wildman–Crippen LogP) is 4.31. The molecule has 0 amide bonds. The van der Waals surface area contributed by atoms with E-state index in [9.17, 15) is 5.11 Å². The maximum Gasteiger partial charge on any atom is 0.0436 e. The first-order valence-electron chi connectivity index (χ1n) is 7.21. The van der Waals surface area contributed by atoms with E-state index >= 15 is 0 Å². The molecule has 2 rings (SSSR count). The normalized spacial score (nSPS) is 36.9. The van der Waals surface area contributed by atoms with Crippen LogP contribution in [0.3, 0.4) is 0 Å². The minimum absolute atomic E-state index is 0.322. The van der Waals surface area contributed by atoms with Gasteiger partial charge in [-0.3, -0.25) is 0 Å². The second-order valence-corrected chi connectivity index (χ2v) is 7.23. The lowest BCUT2D eigenvalue weighted by atomic mass is 9.57. The lowest BCUT2D eigenvalue weighted by molar-refractivity contribution is 0.108. The minimum atomic E-state index is 0.322. The summed E-state index contributed by atoms with van der Waals surface area (Å²) in [7, 11) is 0. The van der Waals surface area contributed by atoms with Gasteiger partial charge >= 0.3 is 0 Å². The molecule has 17 heavy (non-hydrogen) atoms. The Morgan fingerprint density at radius 2 is 2.00 bits per heavy atom. The second-order valence-electron chi connectivity index (χ2n) is 7.23. The molecule has 0 spiro atoms. The van der Waals surface area contributed by atoms with E-state index in [4.69, 9.17) is 0 Å². The van der Waals surface area contributed by atoms with Gasteiger partial charge < -0.3 is 5.11 Å². The van der Waals surface area contributed by atoms with E-state index in [-0.39, 0.29) is 0 Å². The monoisotopic (exact) mass is 236 g/mol. The van der Waals surface area contributed by atoms with Crippen molar-refractivity contribution in [2.75, 3.05) is 6.61 Å². The molecule has 1 N–H and O–H groups in total. The number of hydrogen-bond donors (Lipinski definition) is 1. The van der Waals surface area contributed by atoms with Gasteiger partial charge in [0.15, 0.2) is 0 Å². The van der Waals surface area contributed by atoms with Crippen molar-refractivity contribution >= 4 is 0 Å². The number of aliphatic hydroxyl groups excluding tert-OH is 1. The summed E-state index contributed by atoms with van der Waals surface area (Å²) in [5, 5.41) is 9.31. The third kappa shape index (κ3) is 2.31. The van der Waals surface area contributed by atoms with Crippen molar-refractivity contribution in [3.8, 4) is 0 Å². The molecule has 0 aromatic heterocycles. The van der Waals surface area contributed by atoms with Gasteiger partial charge in [0.05, 0.1) is 0 Å². The summed E-state index contributed by atoms with van der Waals surface area (Å²) < 4.78 is 0. The number of rotatable bonds is 2. The van der Waals surface area contributed by atoms with Crippen LogP contribution in [0.5, 0.6) is 0 Å². The van der Waals surface area contributed by atoms with Crippen LogP contribution in [0.1, 0.15) is 66.2 Å². The zero-order valence-corrected chi connectivity index (χ0v) is 12.0. The van der Waals surface area contributed by atoms with Gasteiger partial charge in [-0.1, -0.05) is 38.8 Å². The molecule has 2 unspecified atom stereocenters. The molecule has 0 fully saturated rings. The Balaban J connectivity index is 2.30. The minimum Gasteiger partial charge on any atom is -0.396 e. The van der Waals surface area contributed by atoms with E-state index in [1.807, 2.05) is 0 Å². The van der Waals surface area contributed by atoms with Crippen LogP contribution in [0.2, 0.25) is 0 Å². The summed E-state index contributed by atoms with van der Waals surface area (Å²) in [5.74, 6) is 0.724. The molecular formula is C16H28O. The summed E-state index contributed by atoms with van der Waals surface area (Å²) in [4.78, 5) is 0. The Labute approximate surface area is 106 Å². The highest BCUT2D eigenvalue weighted by atomic mass is 16.3. The van der Waals surface area contributed by atoms with Crippen molar-refractivity contribution in [1.82, 2.24) is 0 Å². The van der Waals surface area contributed by atoms with E-state index in [1.165, 1.54) is 32.1 Å². The first kappa shape index (κ1) is 13.1. The van der Waals surface area contributed by atoms with Gasteiger partial charge in [-0.2, -0.15) is 0 Å². The Bertz CT molecular complexity index is 326. The van der Waals surface area contributed by atoms with E-state index in [1.54, 1.807) is 11.1 Å². The van der Waals surface area contributed by atoms with Crippen LogP contribution in [0.15, 0.2) is 11.1 Å². The molecule has 2 aliphatic carbocycles. The number of aliphatic hydroxyl groups is 1. The maximum atomic E-state index is 9.31. The fourth-order valence-corrected chi connectivity index (χ4v) is 3.90. The predicted molar refractivity (Wildman–Crippen MR) is 72.9 cm³/mol. The Morgan fingerprint density at radius 3 is 2.65 bits per heavy atom. The molecule has 0 radical (unpaired) electrons. The van der Waals surface area contributed by atoms with E-state index in [0.717, 1.165) is 12.3 Å². The second kappa shape index (κ2) is 4.42. The topological polar surface area (TPSA) is 20.2 Å². The quantitative estimate of drug-likeness (QED) is 0.708. The van der Waals surface area contributed by atoms with Gasteiger partial charge in [0.25, 0.3) is 0 Å². The third-order valence-electron chi connectivity index (χ3n) is 5.53. The summed E-state index contributed by atoms with van der Waals surface area (Å²) in [6, 6.07) is 0. The van der Waals surface area contributed by atoms with Crippen molar-refractivity contribution in [3.05, 3.63) is 11.1 Å². The fourth-order valence-electron chi connectivity index (χ4n) is 3.90. The molecule has 0 saturated carbocycles. The SMILES string of the molecule is CC1CC2=C(CC1(C)CCO)C(C)(C)CCC2. The molecule has 0 bridgehead atoms. The third-order valence-corrected chi connectivity index (χ3v) is 5.53. The Kier molecular flexibility index (Phi) is 3.42. The van der Waals surface area contributed by atoms with Crippen LogP contribution in [-0.2, 0) is 0 Å². The number of hydrogen-bond acceptors (Lipinski definition) is 1. The lowest BCUT2D eigenvalue weighted by Gasteiger charge is -2.48. The molecular weight excluding hydrogens is 208 g/mol. The van der Waals surface area contributed by atoms with E-state index < -0.39 is 0 Å². The average molecular weight is 236 g/mol. The van der Waals surface area contributed by atoms with Crippen molar-refractivity contribution in [2.45, 2.75) is 66.2 Å². The van der Waals surface area contributed by atoms with Gasteiger partial charge in [-0.25, -0.2) is 0 Å². The largest absolute Gasteiger partial charge is 0.396 e. The van der Waals surface area contributed by atoms with Gasteiger partial charge in [0.1, 0.15) is 0 Å². The highest BCUT2D eigenvalue weighted by molar-refractivity contribution is 5.28. The van der Waals surface area contributed by atoms with Crippen molar-refractivity contribution in [1.29, 1.82) is 0 Å². The first-order chi connectivity index (χ1) is 7.89. The van der Waals surface area contributed by atoms with E-state index in [0.29, 0.717) is 17.4 Å². The van der Waals surface area contributed by atoms with Crippen molar-refractivity contribution in [2.24, 2.45) is 16.7 Å². The average Bonchev–Trinajstić information content (AvgIpc) is 2.22. The molecule has 1 heteroatoms. The van der Waals surface area contributed by atoms with Crippen LogP contribution in [0.4, 0.5) is 0 Å². The first-order valence-corrected chi connectivity index (χ1v) is 7.21. The van der Waals surface area contributed by atoms with E-state index in [2.05, 4.69) is 27.7 Å². The molecule has 0 aromatic carbocycles. The lowest BCUT2D eigenvalue weighted by Crippen LogP contribution is -2.36. The molecule has 2 aliphatic rings. The molecule has 2 atom stereocenters. The van der Waals surface area contributed by atoms with Crippen LogP contribution >= 0.6 is 0 Å². The zero-order valence-electron chi connectivity index (χ0n) is 12.0. The highest BCUT2D eigenvalue weighted by Crippen LogP contribution is 2.54. The van der Waals surface area contributed by atoms with Gasteiger partial charge in [0, 0.05) is 6.61 Å². The molecule has 98 valence electrons. The Morgan fingerprint density at radius 1 is 1.29 bits per heavy atom. The van der Waals surface area contributed by atoms with Gasteiger partial charge in [-0.05, 0) is 55.3 Å². The summed E-state index contributed by atoms with van der Waals surface area (Å²) in [6.45, 7) is 9.92. The highest BCUT2D eigenvalue weighted by Gasteiger charge is 2.42. The fraction of sp³-hybridized carbons (Fsp3) is 0.875. The van der Waals surface area contributed by atoms with Crippen LogP contribution < -0.4 is 0 Å². The standard InChI is InChI=1S/C16H28O/c1-12-10-13-6-5-7-15(2,3)14(13)11-16(12,4)8-9-17/h12,17H,5-11H2,1-4H3. The van der Waals surface area contributed by atoms with Gasteiger partial charge in [-0.15, -0.1) is 0 Å². The summed E-state index contributed by atoms with van der Waals surface area (Å²) in [5.41, 5.74) is 4.22. The Hall–Kier alpha value is -0.300. The zero-order chi connectivity index (χ0) is 12.7. The summed E-state index contributed by atoms with van der Waals surface area (Å²) in [6.07, 6.45) is 7.50. The molecule has 0 saturated heterocycles. The molecule has 0 aliphatic heterocycles. The van der Waals surface area contributed by atoms with Gasteiger partial charge in [0.2, 0.25) is 0 Å². The van der Waals surface area contributed by atoms with Crippen LogP contribution in [0, 0.1) is 16.7 Å². The summed E-state index contributed by atoms with van der Waals surface area (Å²) >= 11 is 0. The van der Waals surface area contributed by atoms with Crippen LogP contribution in [-0.4, -0.2) is 11.7 Å². The molecule has 0 aromatic rings. The maximum absolute atomic E-state index is 9.31. The van der Waals surface area contributed by atoms with Crippen molar-refractivity contribution in [3.63, 3.8) is 0 Å². The molecule has 0 heterocycles. The smallest absolute Gasteiger partial charge is 0.0436 e. The number of allylic oxidation sites excluding steroid dienone is 2.